The van der Waals surface area contributed by atoms with E-state index < -0.39 is 29.6 Å². The predicted octanol–water partition coefficient (Wildman–Crippen LogP) is 2.18. The summed E-state index contributed by atoms with van der Waals surface area (Å²) in [6.45, 7) is 3.63. The highest BCUT2D eigenvalue weighted by Crippen LogP contribution is 2.39. The van der Waals surface area contributed by atoms with Crippen LogP contribution in [0.3, 0.4) is 0 Å². The van der Waals surface area contributed by atoms with Crippen LogP contribution in [-0.2, 0) is 0 Å². The molecule has 2 N–H and O–H groups in total. The van der Waals surface area contributed by atoms with Gasteiger partial charge in [-0.3, -0.25) is 9.88 Å². The van der Waals surface area contributed by atoms with Gasteiger partial charge in [0.05, 0.1) is 12.2 Å². The SMILES string of the molecule is CC1(C)CC[C@H](C(O)c2cncc(F)c2)N1C(=O)O. The molecule has 0 aromatic carbocycles. The van der Waals surface area contributed by atoms with Crippen molar-refractivity contribution in [3.05, 3.63) is 29.8 Å². The zero-order chi connectivity index (χ0) is 14.2. The summed E-state index contributed by atoms with van der Waals surface area (Å²) in [5, 5.41) is 19.6. The first-order valence-electron chi connectivity index (χ1n) is 6.14. The Kier molecular flexibility index (Phi) is 3.45. The van der Waals surface area contributed by atoms with E-state index in [1.807, 2.05) is 13.8 Å². The Bertz CT molecular complexity index is 493. The molecule has 1 amide bonds. The number of hydrogen-bond donors (Lipinski definition) is 2. The van der Waals surface area contributed by atoms with Crippen molar-refractivity contribution in [1.29, 1.82) is 0 Å². The highest BCUT2D eigenvalue weighted by Gasteiger charge is 2.45. The van der Waals surface area contributed by atoms with E-state index in [2.05, 4.69) is 4.98 Å². The van der Waals surface area contributed by atoms with Crippen LogP contribution < -0.4 is 0 Å². The maximum Gasteiger partial charge on any atom is 0.408 e. The Morgan fingerprint density at radius 3 is 2.84 bits per heavy atom. The molecule has 0 radical (unpaired) electrons. The van der Waals surface area contributed by atoms with Gasteiger partial charge in [0.15, 0.2) is 0 Å². The molecule has 5 nitrogen and oxygen atoms in total. The number of amides is 1. The van der Waals surface area contributed by atoms with Crippen LogP contribution >= 0.6 is 0 Å². The van der Waals surface area contributed by atoms with Crippen molar-refractivity contribution < 1.29 is 19.4 Å². The lowest BCUT2D eigenvalue weighted by Gasteiger charge is -2.35. The number of aliphatic hydroxyl groups is 1. The van der Waals surface area contributed by atoms with Gasteiger partial charge in [-0.15, -0.1) is 0 Å². The monoisotopic (exact) mass is 268 g/mol. The maximum absolute atomic E-state index is 13.1. The second kappa shape index (κ2) is 4.77. The molecule has 0 bridgehead atoms. The lowest BCUT2D eigenvalue weighted by Crippen LogP contribution is -2.48. The van der Waals surface area contributed by atoms with Crippen LogP contribution in [0.2, 0.25) is 0 Å². The van der Waals surface area contributed by atoms with Crippen LogP contribution in [0.15, 0.2) is 18.5 Å². The van der Waals surface area contributed by atoms with Gasteiger partial charge in [-0.2, -0.15) is 0 Å². The van der Waals surface area contributed by atoms with Crippen LogP contribution in [0.1, 0.15) is 38.4 Å². The van der Waals surface area contributed by atoms with E-state index in [0.29, 0.717) is 18.4 Å². The van der Waals surface area contributed by atoms with Crippen molar-refractivity contribution in [2.24, 2.45) is 0 Å². The average Bonchev–Trinajstić information content (AvgIpc) is 2.64. The van der Waals surface area contributed by atoms with Gasteiger partial charge < -0.3 is 10.2 Å². The van der Waals surface area contributed by atoms with E-state index in [0.717, 1.165) is 6.20 Å². The summed E-state index contributed by atoms with van der Waals surface area (Å²) in [6, 6.07) is 0.610. The minimum absolute atomic E-state index is 0.300. The highest BCUT2D eigenvalue weighted by atomic mass is 19.1. The summed E-state index contributed by atoms with van der Waals surface area (Å²) in [5.41, 5.74) is -0.230. The molecule has 2 rings (SSSR count). The van der Waals surface area contributed by atoms with E-state index in [9.17, 15) is 19.4 Å². The molecule has 0 spiro atoms. The van der Waals surface area contributed by atoms with Gasteiger partial charge in [0.1, 0.15) is 11.9 Å². The maximum atomic E-state index is 13.1. The van der Waals surface area contributed by atoms with E-state index in [1.54, 1.807) is 0 Å². The fraction of sp³-hybridized carbons (Fsp3) is 0.538. The second-order valence-corrected chi connectivity index (χ2v) is 5.45. The van der Waals surface area contributed by atoms with Crippen molar-refractivity contribution in [1.82, 2.24) is 9.88 Å². The number of likely N-dealkylation sites (tertiary alicyclic amines) is 1. The molecule has 1 saturated heterocycles. The Labute approximate surface area is 110 Å². The first-order chi connectivity index (χ1) is 8.83. The third-order valence-electron chi connectivity index (χ3n) is 3.67. The molecule has 2 heterocycles. The minimum Gasteiger partial charge on any atom is -0.465 e. The van der Waals surface area contributed by atoms with Crippen LogP contribution in [0.4, 0.5) is 9.18 Å². The van der Waals surface area contributed by atoms with Gasteiger partial charge in [0.2, 0.25) is 0 Å². The number of aromatic nitrogens is 1. The second-order valence-electron chi connectivity index (χ2n) is 5.45. The number of pyridine rings is 1. The zero-order valence-corrected chi connectivity index (χ0v) is 10.9. The molecule has 1 aliphatic heterocycles. The fourth-order valence-corrected chi connectivity index (χ4v) is 2.71. The zero-order valence-electron chi connectivity index (χ0n) is 10.9. The van der Waals surface area contributed by atoms with Crippen LogP contribution in [0, 0.1) is 5.82 Å². The fourth-order valence-electron chi connectivity index (χ4n) is 2.71. The summed E-state index contributed by atoms with van der Waals surface area (Å²) in [4.78, 5) is 16.3. The van der Waals surface area contributed by atoms with E-state index in [1.165, 1.54) is 17.2 Å². The molecule has 1 aliphatic rings. The molecule has 0 saturated carbocycles. The Morgan fingerprint density at radius 1 is 1.58 bits per heavy atom. The van der Waals surface area contributed by atoms with Crippen molar-refractivity contribution in [2.45, 2.75) is 44.4 Å². The quantitative estimate of drug-likeness (QED) is 0.862. The van der Waals surface area contributed by atoms with E-state index in [4.69, 9.17) is 0 Å². The van der Waals surface area contributed by atoms with Crippen LogP contribution in [0.25, 0.3) is 0 Å². The molecule has 1 aromatic heterocycles. The smallest absolute Gasteiger partial charge is 0.408 e. The number of hydrogen-bond acceptors (Lipinski definition) is 3. The number of rotatable bonds is 2. The van der Waals surface area contributed by atoms with Gasteiger partial charge in [-0.25, -0.2) is 9.18 Å². The number of nitrogens with zero attached hydrogens (tertiary/aromatic N) is 2. The predicted molar refractivity (Wildman–Crippen MR) is 66.1 cm³/mol. The number of carbonyl (C=O) groups is 1. The minimum atomic E-state index is -1.07. The topological polar surface area (TPSA) is 73.7 Å². The van der Waals surface area contributed by atoms with Crippen molar-refractivity contribution in [2.75, 3.05) is 0 Å². The average molecular weight is 268 g/mol. The molecular formula is C13H17FN2O3. The summed E-state index contributed by atoms with van der Waals surface area (Å²) in [5.74, 6) is -0.546. The van der Waals surface area contributed by atoms with Gasteiger partial charge in [0.25, 0.3) is 0 Å². The van der Waals surface area contributed by atoms with Crippen molar-refractivity contribution >= 4 is 6.09 Å². The largest absolute Gasteiger partial charge is 0.465 e. The standard InChI is InChI=1S/C13H17FN2O3/c1-13(2)4-3-10(16(13)12(18)19)11(17)8-5-9(14)7-15-6-8/h5-7,10-11,17H,3-4H2,1-2H3,(H,18,19)/t10-,11?/m1/s1. The molecule has 2 atom stereocenters. The Balaban J connectivity index is 2.28. The molecule has 1 aromatic rings. The Morgan fingerprint density at radius 2 is 2.26 bits per heavy atom. The van der Waals surface area contributed by atoms with E-state index in [-0.39, 0.29) is 0 Å². The van der Waals surface area contributed by atoms with Gasteiger partial charge >= 0.3 is 6.09 Å². The third-order valence-corrected chi connectivity index (χ3v) is 3.67. The highest BCUT2D eigenvalue weighted by molar-refractivity contribution is 5.67. The molecule has 104 valence electrons. The molecule has 6 heteroatoms. The van der Waals surface area contributed by atoms with Gasteiger partial charge in [-0.05, 0) is 32.8 Å². The van der Waals surface area contributed by atoms with Crippen LogP contribution in [0.5, 0.6) is 0 Å². The van der Waals surface area contributed by atoms with E-state index >= 15 is 0 Å². The summed E-state index contributed by atoms with van der Waals surface area (Å²) in [7, 11) is 0. The molecule has 1 unspecified atom stereocenters. The molecule has 19 heavy (non-hydrogen) atoms. The molecule has 1 fully saturated rings. The number of halogens is 1. The molecule has 0 aliphatic carbocycles. The first-order valence-corrected chi connectivity index (χ1v) is 6.14. The summed E-state index contributed by atoms with van der Waals surface area (Å²) in [6.07, 6.45) is 1.46. The Hall–Kier alpha value is -1.69. The van der Waals surface area contributed by atoms with Crippen LogP contribution in [-0.4, -0.2) is 37.8 Å². The molecular weight excluding hydrogens is 251 g/mol. The summed E-state index contributed by atoms with van der Waals surface area (Å²) < 4.78 is 13.1. The number of carboxylic acid groups (broad SMARTS) is 1. The normalized spacial score (nSPS) is 23.4. The van der Waals surface area contributed by atoms with Gasteiger partial charge in [0, 0.05) is 17.3 Å². The van der Waals surface area contributed by atoms with Gasteiger partial charge in [-0.1, -0.05) is 0 Å². The third kappa shape index (κ3) is 2.53. The number of aliphatic hydroxyl groups excluding tert-OH is 1. The first kappa shape index (κ1) is 13.7. The lowest BCUT2D eigenvalue weighted by molar-refractivity contribution is 0.0359. The van der Waals surface area contributed by atoms with Crippen molar-refractivity contribution in [3.63, 3.8) is 0 Å². The lowest BCUT2D eigenvalue weighted by atomic mass is 10.0. The van der Waals surface area contributed by atoms with Crippen molar-refractivity contribution in [3.8, 4) is 0 Å². The summed E-state index contributed by atoms with van der Waals surface area (Å²) >= 11 is 0.